The normalized spacial score (nSPS) is 13.7. The van der Waals surface area contributed by atoms with Crippen LogP contribution in [0, 0.1) is 0 Å². The minimum Gasteiger partial charge on any atom is -0.456 e. The molecule has 1 aromatic heterocycles. The highest BCUT2D eigenvalue weighted by Gasteiger charge is 2.37. The van der Waals surface area contributed by atoms with Crippen molar-refractivity contribution in [1.29, 1.82) is 0 Å². The lowest BCUT2D eigenvalue weighted by molar-refractivity contribution is 0.00752. The van der Waals surface area contributed by atoms with Gasteiger partial charge < -0.3 is 18.5 Å². The van der Waals surface area contributed by atoms with Gasteiger partial charge in [-0.15, -0.1) is 11.3 Å². The Bertz CT molecular complexity index is 828. The fraction of sp³-hybridized carbons (Fsp3) is 0.526. The Balaban J connectivity index is 2.39. The van der Waals surface area contributed by atoms with Crippen LogP contribution >= 0.6 is 18.9 Å². The quantitative estimate of drug-likeness (QED) is 0.403. The molecular weight excluding hydrogens is 387 g/mol. The number of carbonyl (C=O) groups is 1. The van der Waals surface area contributed by atoms with Crippen LogP contribution in [0.5, 0.6) is 0 Å². The Kier molecular flexibility index (Phi) is 7.22. The van der Waals surface area contributed by atoms with Crippen LogP contribution in [0.4, 0.5) is 0 Å². The van der Waals surface area contributed by atoms with Crippen molar-refractivity contribution in [3.63, 3.8) is 0 Å². The van der Waals surface area contributed by atoms with E-state index >= 15 is 0 Å². The van der Waals surface area contributed by atoms with E-state index in [4.69, 9.17) is 18.5 Å². The number of hydrogen-bond donors (Lipinski definition) is 0. The van der Waals surface area contributed by atoms with Gasteiger partial charge in [0.2, 0.25) is 0 Å². The third kappa shape index (κ3) is 5.39. The maximum Gasteiger partial charge on any atom is 0.363 e. The second-order valence-corrected chi connectivity index (χ2v) is 10.0. The number of hydrogen-bond acceptors (Lipinski definition) is 7. The third-order valence-electron chi connectivity index (χ3n) is 3.55. The first kappa shape index (κ1) is 22.1. The van der Waals surface area contributed by atoms with Crippen LogP contribution in [-0.2, 0) is 23.1 Å². The summed E-state index contributed by atoms with van der Waals surface area (Å²) in [5.41, 5.74) is 0.116. The van der Waals surface area contributed by atoms with Crippen LogP contribution in [0.15, 0.2) is 24.3 Å². The van der Waals surface area contributed by atoms with E-state index in [-0.39, 0.29) is 19.2 Å². The van der Waals surface area contributed by atoms with Gasteiger partial charge in [-0.25, -0.2) is 4.79 Å². The van der Waals surface area contributed by atoms with E-state index in [1.807, 2.05) is 39.0 Å². The number of rotatable bonds is 8. The maximum absolute atomic E-state index is 13.1. The summed E-state index contributed by atoms with van der Waals surface area (Å²) in [5.74, 6) is -1.20. The number of carbonyl (C=O) groups excluding carboxylic acids is 1. The number of benzene rings is 1. The van der Waals surface area contributed by atoms with E-state index in [1.165, 1.54) is 18.4 Å². The van der Waals surface area contributed by atoms with Gasteiger partial charge >= 0.3 is 13.6 Å². The molecule has 0 bridgehead atoms. The summed E-state index contributed by atoms with van der Waals surface area (Å²) < 4.78 is 35.8. The van der Waals surface area contributed by atoms with Crippen LogP contribution in [0.1, 0.15) is 55.7 Å². The number of methoxy groups -OCH3 is 1. The largest absolute Gasteiger partial charge is 0.456 e. The summed E-state index contributed by atoms with van der Waals surface area (Å²) in [7, 11) is -2.01. The molecule has 0 saturated carbocycles. The van der Waals surface area contributed by atoms with E-state index in [0.717, 1.165) is 10.1 Å². The average Bonchev–Trinajstić information content (AvgIpc) is 2.98. The molecule has 2 rings (SSSR count). The lowest BCUT2D eigenvalue weighted by Crippen LogP contribution is -2.23. The van der Waals surface area contributed by atoms with Gasteiger partial charge in [0.25, 0.3) is 0 Å². The zero-order chi connectivity index (χ0) is 20.2. The van der Waals surface area contributed by atoms with E-state index in [1.54, 1.807) is 19.9 Å². The molecule has 1 aromatic carbocycles. The molecule has 27 heavy (non-hydrogen) atoms. The number of thiophene rings is 1. The molecule has 6 nitrogen and oxygen atoms in total. The van der Waals surface area contributed by atoms with Crippen LogP contribution in [0.3, 0.4) is 0 Å². The number of fused-ring (bicyclic) bond motifs is 1. The van der Waals surface area contributed by atoms with Crippen molar-refractivity contribution in [3.05, 3.63) is 34.7 Å². The van der Waals surface area contributed by atoms with E-state index < -0.39 is 19.0 Å². The second kappa shape index (κ2) is 8.84. The summed E-state index contributed by atoms with van der Waals surface area (Å²) in [6, 6.07) is 7.31. The summed E-state index contributed by atoms with van der Waals surface area (Å²) in [6.07, 6.45) is 0. The highest BCUT2D eigenvalue weighted by molar-refractivity contribution is 7.54. The predicted molar refractivity (Wildman–Crippen MR) is 108 cm³/mol. The highest BCUT2D eigenvalue weighted by Crippen LogP contribution is 2.61. The zero-order valence-electron chi connectivity index (χ0n) is 16.6. The molecule has 0 spiro atoms. The summed E-state index contributed by atoms with van der Waals surface area (Å²) in [6.45, 7) is 9.51. The summed E-state index contributed by atoms with van der Waals surface area (Å²) in [5, 5.41) is 0.847. The van der Waals surface area contributed by atoms with E-state index in [2.05, 4.69) is 0 Å². The molecule has 0 aliphatic heterocycles. The van der Waals surface area contributed by atoms with Gasteiger partial charge in [-0.05, 0) is 63.8 Å². The minimum atomic E-state index is -3.48. The first-order chi connectivity index (χ1) is 12.6. The third-order valence-corrected chi connectivity index (χ3v) is 6.97. The van der Waals surface area contributed by atoms with Crippen molar-refractivity contribution in [1.82, 2.24) is 0 Å². The van der Waals surface area contributed by atoms with Crippen LogP contribution in [0.2, 0.25) is 0 Å². The first-order valence-electron chi connectivity index (χ1n) is 8.82. The predicted octanol–water partition coefficient (Wildman–Crippen LogP) is 5.77. The molecule has 2 aromatic rings. The number of ether oxygens (including phenoxy) is 2. The van der Waals surface area contributed by atoms with Gasteiger partial charge in [0.15, 0.2) is 5.85 Å². The molecule has 1 unspecified atom stereocenters. The Morgan fingerprint density at radius 1 is 1.15 bits per heavy atom. The van der Waals surface area contributed by atoms with Crippen molar-refractivity contribution < 1.29 is 27.9 Å². The van der Waals surface area contributed by atoms with Crippen molar-refractivity contribution in [2.75, 3.05) is 20.3 Å². The van der Waals surface area contributed by atoms with Gasteiger partial charge in [0.05, 0.1) is 13.2 Å². The van der Waals surface area contributed by atoms with Crippen LogP contribution in [-0.4, -0.2) is 31.9 Å². The molecule has 0 amide bonds. The average molecular weight is 414 g/mol. The molecule has 0 radical (unpaired) electrons. The van der Waals surface area contributed by atoms with Gasteiger partial charge in [-0.1, -0.05) is 6.07 Å². The monoisotopic (exact) mass is 414 g/mol. The molecule has 0 saturated heterocycles. The second-order valence-electron chi connectivity index (χ2n) is 6.87. The van der Waals surface area contributed by atoms with E-state index in [0.29, 0.717) is 10.4 Å². The molecule has 1 atom stereocenters. The van der Waals surface area contributed by atoms with E-state index in [9.17, 15) is 9.36 Å². The van der Waals surface area contributed by atoms with Gasteiger partial charge in [-0.3, -0.25) is 4.57 Å². The van der Waals surface area contributed by atoms with Gasteiger partial charge in [-0.2, -0.15) is 0 Å². The Morgan fingerprint density at radius 2 is 1.78 bits per heavy atom. The zero-order valence-corrected chi connectivity index (χ0v) is 18.3. The van der Waals surface area contributed by atoms with Gasteiger partial charge in [0.1, 0.15) is 10.5 Å². The first-order valence-corrected chi connectivity index (χ1v) is 11.2. The maximum atomic E-state index is 13.1. The summed E-state index contributed by atoms with van der Waals surface area (Å²) in [4.78, 5) is 12.8. The summed E-state index contributed by atoms with van der Waals surface area (Å²) >= 11 is 1.36. The SMILES string of the molecule is CCOP(=O)(OCC)C(OC)c1ccc2sc(C(=O)OC(C)(C)C)cc2c1. The molecule has 0 N–H and O–H groups in total. The van der Waals surface area contributed by atoms with Crippen molar-refractivity contribution in [2.24, 2.45) is 0 Å². The molecule has 0 aliphatic rings. The Morgan fingerprint density at radius 3 is 2.30 bits per heavy atom. The lowest BCUT2D eigenvalue weighted by Gasteiger charge is -2.25. The minimum absolute atomic E-state index is 0.251. The van der Waals surface area contributed by atoms with Crippen molar-refractivity contribution in [2.45, 2.75) is 46.1 Å². The fourth-order valence-electron chi connectivity index (χ4n) is 2.62. The number of esters is 1. The molecular formula is C19H27O6PS. The van der Waals surface area contributed by atoms with Crippen molar-refractivity contribution >= 4 is 35.0 Å². The van der Waals surface area contributed by atoms with Crippen LogP contribution in [0.25, 0.3) is 10.1 Å². The van der Waals surface area contributed by atoms with Crippen LogP contribution < -0.4 is 0 Å². The highest BCUT2D eigenvalue weighted by atomic mass is 32.1. The molecule has 150 valence electrons. The fourth-order valence-corrected chi connectivity index (χ4v) is 5.39. The smallest absolute Gasteiger partial charge is 0.363 e. The van der Waals surface area contributed by atoms with Gasteiger partial charge in [0, 0.05) is 11.8 Å². The molecule has 0 fully saturated rings. The molecule has 1 heterocycles. The molecule has 0 aliphatic carbocycles. The topological polar surface area (TPSA) is 71.1 Å². The standard InChI is InChI=1S/C19H27O6PS/c1-7-23-26(21,24-8-2)18(22-6)13-9-10-15-14(11-13)12-16(27-15)17(20)25-19(3,4)5/h9-12,18H,7-8H2,1-6H3. The Labute approximate surface area is 164 Å². The lowest BCUT2D eigenvalue weighted by atomic mass is 10.1. The molecule has 8 heteroatoms. The Hall–Kier alpha value is -1.24. The van der Waals surface area contributed by atoms with Crippen molar-refractivity contribution in [3.8, 4) is 0 Å².